The Morgan fingerprint density at radius 3 is 2.53 bits per heavy atom. The van der Waals surface area contributed by atoms with E-state index in [-0.39, 0.29) is 34.0 Å². The zero-order chi connectivity index (χ0) is 22.3. The van der Waals surface area contributed by atoms with E-state index in [1.165, 1.54) is 31.4 Å². The molecule has 0 bridgehead atoms. The van der Waals surface area contributed by atoms with Gasteiger partial charge >= 0.3 is 0 Å². The molecule has 0 aromatic heterocycles. The summed E-state index contributed by atoms with van der Waals surface area (Å²) in [5.41, 5.74) is 1.32. The molecule has 0 saturated heterocycles. The van der Waals surface area contributed by atoms with Crippen molar-refractivity contribution in [2.45, 2.75) is 50.6 Å². The van der Waals surface area contributed by atoms with E-state index in [1.54, 1.807) is 37.8 Å². The number of sulfonamides is 1. The Kier molecular flexibility index (Phi) is 5.93. The monoisotopic (exact) mass is 434 g/mol. The molecule has 8 heteroatoms. The van der Waals surface area contributed by atoms with Crippen LogP contribution in [0.15, 0.2) is 41.3 Å². The first-order chi connectivity index (χ1) is 13.9. The molecule has 162 valence electrons. The Bertz CT molecular complexity index is 1080. The zero-order valence-electron chi connectivity index (χ0n) is 17.8. The third-order valence-corrected chi connectivity index (χ3v) is 6.83. The summed E-state index contributed by atoms with van der Waals surface area (Å²) in [4.78, 5) is 14.8. The van der Waals surface area contributed by atoms with Gasteiger partial charge in [0.1, 0.15) is 16.5 Å². The van der Waals surface area contributed by atoms with Crippen LogP contribution in [0.5, 0.6) is 5.75 Å². The van der Waals surface area contributed by atoms with Gasteiger partial charge in [0.25, 0.3) is 5.91 Å². The molecule has 1 N–H and O–H groups in total. The Morgan fingerprint density at radius 1 is 1.20 bits per heavy atom. The van der Waals surface area contributed by atoms with Crippen LogP contribution in [-0.4, -0.2) is 38.4 Å². The number of hydrogen-bond donors (Lipinski definition) is 1. The van der Waals surface area contributed by atoms with Crippen molar-refractivity contribution in [1.29, 1.82) is 0 Å². The van der Waals surface area contributed by atoms with Crippen molar-refractivity contribution in [2.24, 2.45) is 0 Å². The first-order valence-corrected chi connectivity index (χ1v) is 11.2. The number of nitrogens with one attached hydrogen (secondary N) is 1. The average Bonchev–Trinajstić information content (AvgIpc) is 2.66. The van der Waals surface area contributed by atoms with E-state index in [4.69, 9.17) is 4.74 Å². The molecule has 3 rings (SSSR count). The summed E-state index contributed by atoms with van der Waals surface area (Å²) in [6, 6.07) is 8.66. The highest BCUT2D eigenvalue weighted by molar-refractivity contribution is 7.89. The molecule has 1 amide bonds. The van der Waals surface area contributed by atoms with Gasteiger partial charge in [0.05, 0.1) is 13.2 Å². The predicted molar refractivity (Wildman–Crippen MR) is 113 cm³/mol. The Labute approximate surface area is 177 Å². The number of hydrogen-bond acceptors (Lipinski definition) is 4. The fourth-order valence-electron chi connectivity index (χ4n) is 3.71. The van der Waals surface area contributed by atoms with Crippen LogP contribution in [0, 0.1) is 5.82 Å². The highest BCUT2D eigenvalue weighted by Gasteiger charge is 2.31. The van der Waals surface area contributed by atoms with Gasteiger partial charge in [0.15, 0.2) is 0 Å². The molecule has 1 heterocycles. The number of halogens is 1. The van der Waals surface area contributed by atoms with Crippen LogP contribution >= 0.6 is 0 Å². The molecular formula is C22H27FN2O4S. The molecular weight excluding hydrogens is 407 g/mol. The number of benzene rings is 2. The van der Waals surface area contributed by atoms with Gasteiger partial charge in [-0.2, -0.15) is 0 Å². The summed E-state index contributed by atoms with van der Waals surface area (Å²) in [7, 11) is -2.53. The largest absolute Gasteiger partial charge is 0.495 e. The van der Waals surface area contributed by atoms with Crippen LogP contribution in [0.4, 0.5) is 4.39 Å². The van der Waals surface area contributed by atoms with Crippen molar-refractivity contribution < 1.29 is 22.3 Å². The standard InChI is InChI=1S/C22H27FN2O4S/c1-14-18-13-17(23)8-6-15(18)10-11-25(14)21(26)16-7-9-19(29-5)20(12-16)30(27,28)24-22(2,3)4/h6-9,12-14,24H,10-11H2,1-5H3. The Morgan fingerprint density at radius 2 is 1.90 bits per heavy atom. The maximum Gasteiger partial charge on any atom is 0.254 e. The second-order valence-corrected chi connectivity index (χ2v) is 10.1. The minimum absolute atomic E-state index is 0.0955. The fraction of sp³-hybridized carbons (Fsp3) is 0.409. The zero-order valence-corrected chi connectivity index (χ0v) is 18.6. The molecule has 2 aromatic rings. The molecule has 0 radical (unpaired) electrons. The highest BCUT2D eigenvalue weighted by atomic mass is 32.2. The first kappa shape index (κ1) is 22.2. The molecule has 0 aliphatic carbocycles. The lowest BCUT2D eigenvalue weighted by Crippen LogP contribution is -2.41. The first-order valence-electron chi connectivity index (χ1n) is 9.74. The number of carbonyl (C=O) groups excluding carboxylic acids is 1. The van der Waals surface area contributed by atoms with E-state index >= 15 is 0 Å². The van der Waals surface area contributed by atoms with Gasteiger partial charge < -0.3 is 9.64 Å². The second-order valence-electron chi connectivity index (χ2n) is 8.49. The predicted octanol–water partition coefficient (Wildman–Crippen LogP) is 3.67. The summed E-state index contributed by atoms with van der Waals surface area (Å²) >= 11 is 0. The van der Waals surface area contributed by atoms with E-state index < -0.39 is 15.6 Å². The molecule has 1 unspecified atom stereocenters. The SMILES string of the molecule is COc1ccc(C(=O)N2CCc3ccc(F)cc3C2C)cc1S(=O)(=O)NC(C)(C)C. The molecule has 1 aliphatic heterocycles. The maximum absolute atomic E-state index is 13.7. The van der Waals surface area contributed by atoms with Crippen molar-refractivity contribution in [1.82, 2.24) is 9.62 Å². The van der Waals surface area contributed by atoms with Gasteiger partial charge in [0.2, 0.25) is 10.0 Å². The summed E-state index contributed by atoms with van der Waals surface area (Å²) in [5, 5.41) is 0. The van der Waals surface area contributed by atoms with Crippen LogP contribution in [0.1, 0.15) is 55.2 Å². The molecule has 0 fully saturated rings. The topological polar surface area (TPSA) is 75.7 Å². The summed E-state index contributed by atoms with van der Waals surface area (Å²) < 4.78 is 47.3. The Balaban J connectivity index is 1.98. The molecule has 2 aromatic carbocycles. The highest BCUT2D eigenvalue weighted by Crippen LogP contribution is 2.32. The normalized spacial score (nSPS) is 16.9. The number of rotatable bonds is 4. The summed E-state index contributed by atoms with van der Waals surface area (Å²) in [5.74, 6) is -0.504. The second kappa shape index (κ2) is 8.00. The van der Waals surface area contributed by atoms with Gasteiger partial charge in [-0.3, -0.25) is 4.79 Å². The third-order valence-electron chi connectivity index (χ3n) is 5.05. The van der Waals surface area contributed by atoms with Crippen LogP contribution in [0.25, 0.3) is 0 Å². The van der Waals surface area contributed by atoms with Gasteiger partial charge in [-0.15, -0.1) is 0 Å². The molecule has 0 spiro atoms. The summed E-state index contributed by atoms with van der Waals surface area (Å²) in [6.07, 6.45) is 0.610. The number of fused-ring (bicyclic) bond motifs is 1. The lowest BCUT2D eigenvalue weighted by atomic mass is 9.93. The van der Waals surface area contributed by atoms with Crippen LogP contribution in [-0.2, 0) is 16.4 Å². The third kappa shape index (κ3) is 4.49. The fourth-order valence-corrected chi connectivity index (χ4v) is 5.32. The smallest absolute Gasteiger partial charge is 0.254 e. The Hall–Kier alpha value is -2.45. The maximum atomic E-state index is 13.7. The molecule has 1 atom stereocenters. The van der Waals surface area contributed by atoms with Crippen molar-refractivity contribution in [2.75, 3.05) is 13.7 Å². The van der Waals surface area contributed by atoms with Crippen molar-refractivity contribution in [3.05, 3.63) is 58.9 Å². The van der Waals surface area contributed by atoms with Gasteiger partial charge in [-0.05, 0) is 75.6 Å². The quantitative estimate of drug-likeness (QED) is 0.797. The minimum Gasteiger partial charge on any atom is -0.495 e. The van der Waals surface area contributed by atoms with Crippen molar-refractivity contribution in [3.63, 3.8) is 0 Å². The van der Waals surface area contributed by atoms with Crippen LogP contribution < -0.4 is 9.46 Å². The van der Waals surface area contributed by atoms with E-state index in [0.29, 0.717) is 13.0 Å². The lowest BCUT2D eigenvalue weighted by Gasteiger charge is -2.35. The van der Waals surface area contributed by atoms with E-state index in [9.17, 15) is 17.6 Å². The summed E-state index contributed by atoms with van der Waals surface area (Å²) in [6.45, 7) is 7.51. The molecule has 1 aliphatic rings. The van der Waals surface area contributed by atoms with E-state index in [1.807, 2.05) is 6.92 Å². The van der Waals surface area contributed by atoms with Gasteiger partial charge in [-0.25, -0.2) is 17.5 Å². The number of methoxy groups -OCH3 is 1. The minimum atomic E-state index is -3.91. The van der Waals surface area contributed by atoms with Gasteiger partial charge in [-0.1, -0.05) is 6.07 Å². The molecule has 30 heavy (non-hydrogen) atoms. The number of ether oxygens (including phenoxy) is 1. The molecule has 6 nitrogen and oxygen atoms in total. The van der Waals surface area contributed by atoms with Crippen LogP contribution in [0.2, 0.25) is 0 Å². The number of amides is 1. The van der Waals surface area contributed by atoms with E-state index in [2.05, 4.69) is 4.72 Å². The number of carbonyl (C=O) groups is 1. The van der Waals surface area contributed by atoms with Crippen LogP contribution in [0.3, 0.4) is 0 Å². The lowest BCUT2D eigenvalue weighted by molar-refractivity contribution is 0.0677. The van der Waals surface area contributed by atoms with E-state index in [0.717, 1.165) is 11.1 Å². The van der Waals surface area contributed by atoms with Gasteiger partial charge in [0, 0.05) is 17.6 Å². The number of nitrogens with zero attached hydrogens (tertiary/aromatic N) is 1. The van der Waals surface area contributed by atoms with Crippen molar-refractivity contribution in [3.8, 4) is 5.75 Å². The molecule has 0 saturated carbocycles. The average molecular weight is 435 g/mol. The van der Waals surface area contributed by atoms with Crippen molar-refractivity contribution >= 4 is 15.9 Å².